The lowest BCUT2D eigenvalue weighted by Crippen LogP contribution is -1.98. The Morgan fingerprint density at radius 1 is 1.33 bits per heavy atom. The molecular weight excluding hydrogens is 196 g/mol. The van der Waals surface area contributed by atoms with Gasteiger partial charge in [-0.3, -0.25) is 4.21 Å². The van der Waals surface area contributed by atoms with Crippen LogP contribution >= 0.6 is 11.6 Å². The summed E-state index contributed by atoms with van der Waals surface area (Å²) >= 11 is 3.70. The molecule has 0 spiro atoms. The fourth-order valence-electron chi connectivity index (χ4n) is 0.852. The van der Waals surface area contributed by atoms with Crippen molar-refractivity contribution >= 4 is 22.7 Å². The Hall–Kier alpha value is -0.380. The van der Waals surface area contributed by atoms with Crippen LogP contribution in [-0.4, -0.2) is 14.5 Å². The van der Waals surface area contributed by atoms with Gasteiger partial charge in [0.15, 0.2) is 0 Å². The number of hydrogen-bond acceptors (Lipinski definition) is 2. The summed E-state index contributed by atoms with van der Waals surface area (Å²) in [6, 6.07) is 7.17. The second kappa shape index (κ2) is 4.60. The molecule has 0 saturated heterocycles. The van der Waals surface area contributed by atoms with Gasteiger partial charge in [-0.2, -0.15) is 0 Å². The smallest absolute Gasteiger partial charge is 0.0406 e. The lowest BCUT2D eigenvalue weighted by molar-refractivity contribution is 0.536. The summed E-state index contributed by atoms with van der Waals surface area (Å²) in [6.07, 6.45) is 0.549. The highest BCUT2D eigenvalue weighted by molar-refractivity contribution is 7.79. The van der Waals surface area contributed by atoms with Crippen LogP contribution < -0.4 is 0 Å². The van der Waals surface area contributed by atoms with Gasteiger partial charge in [-0.1, -0.05) is 34.8 Å². The zero-order chi connectivity index (χ0) is 8.97. The summed E-state index contributed by atoms with van der Waals surface area (Å²) in [5.74, 6) is 0.168. The van der Waals surface area contributed by atoms with Crippen molar-refractivity contribution in [3.05, 3.63) is 34.9 Å². The van der Waals surface area contributed by atoms with E-state index in [0.29, 0.717) is 11.4 Å². The molecule has 0 N–H and O–H groups in total. The molecule has 0 aromatic heterocycles. The van der Waals surface area contributed by atoms with E-state index in [-0.39, 0.29) is 5.75 Å². The highest BCUT2D eigenvalue weighted by Gasteiger charge is 1.92. The summed E-state index contributed by atoms with van der Waals surface area (Å²) < 4.78 is 20.4. The van der Waals surface area contributed by atoms with Crippen molar-refractivity contribution in [2.45, 2.75) is 6.42 Å². The summed E-state index contributed by atoms with van der Waals surface area (Å²) in [5.41, 5.74) is 0.989. The van der Waals surface area contributed by atoms with E-state index in [9.17, 15) is 8.76 Å². The molecule has 0 saturated carbocycles. The van der Waals surface area contributed by atoms with Crippen LogP contribution in [0.5, 0.6) is 0 Å². The van der Waals surface area contributed by atoms with E-state index in [1.807, 2.05) is 12.1 Å². The standard InChI is InChI=1S/C8H9ClO2S/c9-8-3-1-7(2-4-8)5-6-12(10)11/h1-4H,5-6H2,(H,10,11)/p-1. The van der Waals surface area contributed by atoms with Gasteiger partial charge in [-0.05, 0) is 24.1 Å². The molecule has 4 heteroatoms. The number of hydrogen-bond donors (Lipinski definition) is 0. The van der Waals surface area contributed by atoms with E-state index < -0.39 is 11.1 Å². The Morgan fingerprint density at radius 2 is 1.92 bits per heavy atom. The van der Waals surface area contributed by atoms with E-state index in [2.05, 4.69) is 0 Å². The minimum absolute atomic E-state index is 0.168. The number of aryl methyl sites for hydroxylation is 1. The van der Waals surface area contributed by atoms with Gasteiger partial charge < -0.3 is 4.55 Å². The second-order valence-electron chi connectivity index (χ2n) is 2.38. The number of benzene rings is 1. The van der Waals surface area contributed by atoms with E-state index in [0.717, 1.165) is 5.56 Å². The monoisotopic (exact) mass is 203 g/mol. The van der Waals surface area contributed by atoms with E-state index in [1.54, 1.807) is 12.1 Å². The summed E-state index contributed by atoms with van der Waals surface area (Å²) in [7, 11) is 0. The minimum Gasteiger partial charge on any atom is -0.772 e. The molecule has 0 aliphatic rings. The van der Waals surface area contributed by atoms with E-state index in [1.165, 1.54) is 0 Å². The highest BCUT2D eigenvalue weighted by Crippen LogP contribution is 2.09. The van der Waals surface area contributed by atoms with Crippen LogP contribution in [0.25, 0.3) is 0 Å². The van der Waals surface area contributed by atoms with Crippen molar-refractivity contribution in [3.63, 3.8) is 0 Å². The molecule has 1 atom stereocenters. The van der Waals surface area contributed by atoms with Crippen molar-refractivity contribution in [3.8, 4) is 0 Å². The summed E-state index contributed by atoms with van der Waals surface area (Å²) in [5, 5.41) is 0.669. The molecule has 66 valence electrons. The normalized spacial score (nSPS) is 12.8. The molecule has 1 aromatic carbocycles. The van der Waals surface area contributed by atoms with Crippen molar-refractivity contribution in [1.29, 1.82) is 0 Å². The van der Waals surface area contributed by atoms with Gasteiger partial charge in [0.2, 0.25) is 0 Å². The van der Waals surface area contributed by atoms with Crippen molar-refractivity contribution in [1.82, 2.24) is 0 Å². The predicted molar refractivity (Wildman–Crippen MR) is 48.9 cm³/mol. The van der Waals surface area contributed by atoms with Gasteiger partial charge in [0, 0.05) is 10.8 Å². The van der Waals surface area contributed by atoms with Crippen LogP contribution in [0.2, 0.25) is 5.02 Å². The number of rotatable bonds is 3. The largest absolute Gasteiger partial charge is 0.772 e. The van der Waals surface area contributed by atoms with E-state index >= 15 is 0 Å². The third-order valence-corrected chi connectivity index (χ3v) is 2.26. The average molecular weight is 204 g/mol. The topological polar surface area (TPSA) is 40.1 Å². The Balaban J connectivity index is 2.53. The fraction of sp³-hybridized carbons (Fsp3) is 0.250. The molecule has 2 nitrogen and oxygen atoms in total. The zero-order valence-electron chi connectivity index (χ0n) is 6.33. The highest BCUT2D eigenvalue weighted by atomic mass is 35.5. The quantitative estimate of drug-likeness (QED) is 0.703. The van der Waals surface area contributed by atoms with Gasteiger partial charge in [0.25, 0.3) is 0 Å². The first-order valence-corrected chi connectivity index (χ1v) is 5.11. The third-order valence-electron chi connectivity index (χ3n) is 1.47. The van der Waals surface area contributed by atoms with Crippen LogP contribution in [-0.2, 0) is 17.5 Å². The molecule has 1 aromatic rings. The maximum absolute atomic E-state index is 10.2. The van der Waals surface area contributed by atoms with Gasteiger partial charge in [-0.15, -0.1) is 0 Å². The SMILES string of the molecule is O=S([O-])CCc1ccc(Cl)cc1. The molecular formula is C8H8ClO2S-. The molecule has 0 radical (unpaired) electrons. The molecule has 1 unspecified atom stereocenters. The summed E-state index contributed by atoms with van der Waals surface area (Å²) in [6.45, 7) is 0. The Morgan fingerprint density at radius 3 is 2.42 bits per heavy atom. The lowest BCUT2D eigenvalue weighted by Gasteiger charge is -2.04. The zero-order valence-corrected chi connectivity index (χ0v) is 7.90. The first-order chi connectivity index (χ1) is 5.68. The summed E-state index contributed by atoms with van der Waals surface area (Å²) in [4.78, 5) is 0. The Kier molecular flexibility index (Phi) is 3.72. The molecule has 1 rings (SSSR count). The van der Waals surface area contributed by atoms with Crippen molar-refractivity contribution in [2.75, 3.05) is 5.75 Å². The van der Waals surface area contributed by atoms with Gasteiger partial charge in [0.05, 0.1) is 0 Å². The molecule has 0 fully saturated rings. The maximum atomic E-state index is 10.2. The van der Waals surface area contributed by atoms with Crippen molar-refractivity contribution < 1.29 is 8.76 Å². The maximum Gasteiger partial charge on any atom is 0.0406 e. The first kappa shape index (κ1) is 9.71. The third kappa shape index (κ3) is 3.34. The molecule has 0 heterocycles. The molecule has 0 aliphatic heterocycles. The number of halogens is 1. The Labute approximate surface area is 78.8 Å². The van der Waals surface area contributed by atoms with Crippen LogP contribution in [0.15, 0.2) is 24.3 Å². The first-order valence-electron chi connectivity index (χ1n) is 3.49. The van der Waals surface area contributed by atoms with Gasteiger partial charge >= 0.3 is 0 Å². The minimum atomic E-state index is -1.95. The van der Waals surface area contributed by atoms with Crippen LogP contribution in [0.4, 0.5) is 0 Å². The van der Waals surface area contributed by atoms with Crippen LogP contribution in [0.1, 0.15) is 5.56 Å². The molecule has 12 heavy (non-hydrogen) atoms. The van der Waals surface area contributed by atoms with Crippen LogP contribution in [0, 0.1) is 0 Å². The average Bonchev–Trinajstić information content (AvgIpc) is 2.03. The van der Waals surface area contributed by atoms with Gasteiger partial charge in [0.1, 0.15) is 0 Å². The predicted octanol–water partition coefficient (Wildman–Crippen LogP) is 1.76. The fourth-order valence-corrected chi connectivity index (χ4v) is 1.38. The second-order valence-corrected chi connectivity index (χ2v) is 3.84. The molecule has 0 bridgehead atoms. The lowest BCUT2D eigenvalue weighted by atomic mass is 10.2. The van der Waals surface area contributed by atoms with E-state index in [4.69, 9.17) is 11.6 Å². The molecule has 0 aliphatic carbocycles. The van der Waals surface area contributed by atoms with Crippen LogP contribution in [0.3, 0.4) is 0 Å². The van der Waals surface area contributed by atoms with Crippen molar-refractivity contribution in [2.24, 2.45) is 0 Å². The Bertz CT molecular complexity index is 271. The molecule has 0 amide bonds. The van der Waals surface area contributed by atoms with Gasteiger partial charge in [-0.25, -0.2) is 0 Å².